The SMILES string of the molecule is CC(=O)Nc1ccc(S(=O)(=O)NCC2CCN(C)CC2)cc1F. The number of amides is 1. The van der Waals surface area contributed by atoms with Crippen LogP contribution in [0.2, 0.25) is 0 Å². The molecule has 0 aliphatic carbocycles. The lowest BCUT2D eigenvalue weighted by Crippen LogP contribution is -2.36. The summed E-state index contributed by atoms with van der Waals surface area (Å²) in [7, 11) is -1.72. The van der Waals surface area contributed by atoms with E-state index in [2.05, 4.69) is 14.9 Å². The number of sulfonamides is 1. The molecule has 1 heterocycles. The van der Waals surface area contributed by atoms with E-state index in [1.807, 2.05) is 7.05 Å². The minimum absolute atomic E-state index is 0.0354. The summed E-state index contributed by atoms with van der Waals surface area (Å²) in [4.78, 5) is 13.0. The number of likely N-dealkylation sites (tertiary alicyclic amines) is 1. The molecule has 1 amide bonds. The molecule has 0 unspecified atom stereocenters. The summed E-state index contributed by atoms with van der Waals surface area (Å²) in [6.45, 7) is 3.51. The van der Waals surface area contributed by atoms with Gasteiger partial charge in [0.05, 0.1) is 10.6 Å². The summed E-state index contributed by atoms with van der Waals surface area (Å²) < 4.78 is 40.9. The van der Waals surface area contributed by atoms with Crippen LogP contribution in [0, 0.1) is 11.7 Å². The van der Waals surface area contributed by atoms with E-state index in [9.17, 15) is 17.6 Å². The number of piperidine rings is 1. The number of benzene rings is 1. The Morgan fingerprint density at radius 2 is 2.00 bits per heavy atom. The first-order chi connectivity index (χ1) is 10.8. The highest BCUT2D eigenvalue weighted by Crippen LogP contribution is 2.20. The van der Waals surface area contributed by atoms with Gasteiger partial charge in [-0.15, -0.1) is 0 Å². The fraction of sp³-hybridized carbons (Fsp3) is 0.533. The number of halogens is 1. The molecule has 128 valence electrons. The Morgan fingerprint density at radius 3 is 2.57 bits per heavy atom. The Labute approximate surface area is 136 Å². The number of hydrogen-bond donors (Lipinski definition) is 2. The van der Waals surface area contributed by atoms with Gasteiger partial charge in [0.2, 0.25) is 15.9 Å². The molecule has 0 saturated carbocycles. The second-order valence-electron chi connectivity index (χ2n) is 5.92. The minimum Gasteiger partial charge on any atom is -0.324 e. The number of nitrogens with zero attached hydrogens (tertiary/aromatic N) is 1. The van der Waals surface area contributed by atoms with Crippen LogP contribution in [-0.2, 0) is 14.8 Å². The van der Waals surface area contributed by atoms with Gasteiger partial charge in [-0.2, -0.15) is 0 Å². The molecule has 1 aliphatic rings. The average Bonchev–Trinajstić information content (AvgIpc) is 2.48. The molecule has 1 aliphatic heterocycles. The molecule has 0 aromatic heterocycles. The normalized spacial score (nSPS) is 17.2. The third-order valence-corrected chi connectivity index (χ3v) is 5.38. The van der Waals surface area contributed by atoms with Gasteiger partial charge in [0.15, 0.2) is 0 Å². The molecule has 8 heteroatoms. The fourth-order valence-electron chi connectivity index (χ4n) is 2.53. The molecule has 2 rings (SSSR count). The van der Waals surface area contributed by atoms with Crippen LogP contribution in [0.4, 0.5) is 10.1 Å². The van der Waals surface area contributed by atoms with E-state index in [-0.39, 0.29) is 10.6 Å². The van der Waals surface area contributed by atoms with Gasteiger partial charge in [-0.1, -0.05) is 0 Å². The molecule has 0 radical (unpaired) electrons. The van der Waals surface area contributed by atoms with Crippen LogP contribution in [0.15, 0.2) is 23.1 Å². The van der Waals surface area contributed by atoms with Crippen molar-refractivity contribution in [3.63, 3.8) is 0 Å². The van der Waals surface area contributed by atoms with E-state index in [0.29, 0.717) is 12.5 Å². The molecular formula is C15H22FN3O3S. The number of hydrogen-bond acceptors (Lipinski definition) is 4. The second-order valence-corrected chi connectivity index (χ2v) is 7.69. The maximum atomic E-state index is 13.9. The van der Waals surface area contributed by atoms with Gasteiger partial charge in [-0.25, -0.2) is 17.5 Å². The predicted molar refractivity (Wildman–Crippen MR) is 86.1 cm³/mol. The molecular weight excluding hydrogens is 321 g/mol. The Hall–Kier alpha value is -1.51. The summed E-state index contributed by atoms with van der Waals surface area (Å²) in [6, 6.07) is 3.45. The maximum Gasteiger partial charge on any atom is 0.240 e. The molecule has 0 bridgehead atoms. The van der Waals surface area contributed by atoms with Crippen molar-refractivity contribution in [3.8, 4) is 0 Å². The zero-order valence-corrected chi connectivity index (χ0v) is 14.1. The molecule has 1 aromatic carbocycles. The van der Waals surface area contributed by atoms with Gasteiger partial charge in [-0.3, -0.25) is 4.79 Å². The molecule has 1 saturated heterocycles. The van der Waals surface area contributed by atoms with Crippen molar-refractivity contribution in [1.82, 2.24) is 9.62 Å². The smallest absolute Gasteiger partial charge is 0.240 e. The molecule has 6 nitrogen and oxygen atoms in total. The lowest BCUT2D eigenvalue weighted by molar-refractivity contribution is -0.114. The van der Waals surface area contributed by atoms with E-state index in [0.717, 1.165) is 32.0 Å². The van der Waals surface area contributed by atoms with Crippen LogP contribution in [0.25, 0.3) is 0 Å². The molecule has 0 spiro atoms. The van der Waals surface area contributed by atoms with Crippen LogP contribution in [0.1, 0.15) is 19.8 Å². The number of carbonyl (C=O) groups is 1. The standard InChI is InChI=1S/C15H22FN3O3S/c1-11(20)18-15-4-3-13(9-14(15)16)23(21,22)17-10-12-5-7-19(2)8-6-12/h3-4,9,12,17H,5-8,10H2,1-2H3,(H,18,20). The van der Waals surface area contributed by atoms with Crippen LogP contribution in [0.3, 0.4) is 0 Å². The maximum absolute atomic E-state index is 13.9. The number of rotatable bonds is 5. The summed E-state index contributed by atoms with van der Waals surface area (Å²) in [5, 5.41) is 2.31. The Balaban J connectivity index is 2.01. The number of nitrogens with one attached hydrogen (secondary N) is 2. The van der Waals surface area contributed by atoms with E-state index in [1.165, 1.54) is 19.1 Å². The molecule has 1 aromatic rings. The van der Waals surface area contributed by atoms with Crippen molar-refractivity contribution in [2.24, 2.45) is 5.92 Å². The highest BCUT2D eigenvalue weighted by Gasteiger charge is 2.21. The van der Waals surface area contributed by atoms with Gasteiger partial charge in [0, 0.05) is 13.5 Å². The number of anilines is 1. The highest BCUT2D eigenvalue weighted by atomic mass is 32.2. The van der Waals surface area contributed by atoms with Gasteiger partial charge in [0.25, 0.3) is 0 Å². The first-order valence-electron chi connectivity index (χ1n) is 7.53. The van der Waals surface area contributed by atoms with Gasteiger partial charge in [-0.05, 0) is 57.1 Å². The zero-order valence-electron chi connectivity index (χ0n) is 13.3. The van der Waals surface area contributed by atoms with E-state index >= 15 is 0 Å². The molecule has 1 fully saturated rings. The van der Waals surface area contributed by atoms with Crippen LogP contribution in [0.5, 0.6) is 0 Å². The van der Waals surface area contributed by atoms with Gasteiger partial charge >= 0.3 is 0 Å². The van der Waals surface area contributed by atoms with E-state index in [1.54, 1.807) is 0 Å². The van der Waals surface area contributed by atoms with E-state index < -0.39 is 21.7 Å². The fourth-order valence-corrected chi connectivity index (χ4v) is 3.66. The van der Waals surface area contributed by atoms with Crippen molar-refractivity contribution in [1.29, 1.82) is 0 Å². The zero-order chi connectivity index (χ0) is 17.0. The second kappa shape index (κ2) is 7.37. The van der Waals surface area contributed by atoms with Crippen molar-refractivity contribution in [2.75, 3.05) is 32.0 Å². The lowest BCUT2D eigenvalue weighted by Gasteiger charge is -2.28. The Kier molecular flexibility index (Phi) is 5.72. The van der Waals surface area contributed by atoms with Gasteiger partial charge in [0.1, 0.15) is 5.82 Å². The van der Waals surface area contributed by atoms with Gasteiger partial charge < -0.3 is 10.2 Å². The minimum atomic E-state index is -3.76. The average molecular weight is 343 g/mol. The molecule has 2 N–H and O–H groups in total. The van der Waals surface area contributed by atoms with Crippen LogP contribution in [-0.4, -0.2) is 45.9 Å². The predicted octanol–water partition coefficient (Wildman–Crippen LogP) is 1.40. The monoisotopic (exact) mass is 343 g/mol. The largest absolute Gasteiger partial charge is 0.324 e. The van der Waals surface area contributed by atoms with Crippen molar-refractivity contribution >= 4 is 21.6 Å². The Morgan fingerprint density at radius 1 is 1.35 bits per heavy atom. The topological polar surface area (TPSA) is 78.5 Å². The van der Waals surface area contributed by atoms with Crippen molar-refractivity contribution in [2.45, 2.75) is 24.7 Å². The summed E-state index contributed by atoms with van der Waals surface area (Å²) in [6.07, 6.45) is 1.88. The summed E-state index contributed by atoms with van der Waals surface area (Å²) in [5.74, 6) is -0.897. The Bertz CT molecular complexity index is 671. The van der Waals surface area contributed by atoms with E-state index in [4.69, 9.17) is 0 Å². The van der Waals surface area contributed by atoms with Crippen LogP contribution >= 0.6 is 0 Å². The highest BCUT2D eigenvalue weighted by molar-refractivity contribution is 7.89. The summed E-state index contributed by atoms with van der Waals surface area (Å²) in [5.41, 5.74) is -0.0354. The quantitative estimate of drug-likeness (QED) is 0.847. The number of carbonyl (C=O) groups excluding carboxylic acids is 1. The first kappa shape index (κ1) is 17.8. The van der Waals surface area contributed by atoms with Crippen molar-refractivity contribution < 1.29 is 17.6 Å². The third-order valence-electron chi connectivity index (χ3n) is 3.96. The summed E-state index contributed by atoms with van der Waals surface area (Å²) >= 11 is 0. The first-order valence-corrected chi connectivity index (χ1v) is 9.01. The lowest BCUT2D eigenvalue weighted by atomic mass is 9.98. The third kappa shape index (κ3) is 4.98. The van der Waals surface area contributed by atoms with Crippen LogP contribution < -0.4 is 10.0 Å². The molecule has 0 atom stereocenters. The van der Waals surface area contributed by atoms with Crippen molar-refractivity contribution in [3.05, 3.63) is 24.0 Å². The molecule has 23 heavy (non-hydrogen) atoms.